The summed E-state index contributed by atoms with van der Waals surface area (Å²) in [7, 11) is 1.51. The Kier molecular flexibility index (Phi) is 4.59. The monoisotopic (exact) mass is 306 g/mol. The summed E-state index contributed by atoms with van der Waals surface area (Å²) in [6, 6.07) is 7.43. The molecule has 1 aromatic heterocycles. The van der Waals surface area contributed by atoms with E-state index >= 15 is 0 Å². The molecular weight excluding hydrogens is 292 g/mol. The van der Waals surface area contributed by atoms with E-state index < -0.39 is 5.91 Å². The third-order valence-electron chi connectivity index (χ3n) is 2.91. The van der Waals surface area contributed by atoms with Crippen LogP contribution >= 0.6 is 11.6 Å². The molecule has 0 unspecified atom stereocenters. The molecule has 0 aliphatic rings. The van der Waals surface area contributed by atoms with Gasteiger partial charge in [0.2, 0.25) is 5.91 Å². The number of nitrogens with zero attached hydrogens (tertiary/aromatic N) is 3. The number of amides is 2. The van der Waals surface area contributed by atoms with Crippen molar-refractivity contribution in [2.24, 2.45) is 5.73 Å². The molecule has 0 bridgehead atoms. The van der Waals surface area contributed by atoms with Crippen LogP contribution in [0.4, 0.5) is 0 Å². The van der Waals surface area contributed by atoms with E-state index in [0.29, 0.717) is 17.1 Å². The molecule has 0 aliphatic heterocycles. The van der Waals surface area contributed by atoms with E-state index in [1.807, 2.05) is 18.2 Å². The number of carbonyl (C=O) groups excluding carboxylic acids is 2. The maximum absolute atomic E-state index is 12.1. The second-order valence-electron chi connectivity index (χ2n) is 4.65. The van der Waals surface area contributed by atoms with E-state index in [4.69, 9.17) is 17.3 Å². The van der Waals surface area contributed by atoms with Crippen LogP contribution in [-0.2, 0) is 11.3 Å². The molecule has 21 heavy (non-hydrogen) atoms. The number of likely N-dealkylation sites (N-methyl/N-ethyl adjacent to an activating group) is 1. The Morgan fingerprint density at radius 3 is 2.76 bits per heavy atom. The maximum atomic E-state index is 12.1. The van der Waals surface area contributed by atoms with Gasteiger partial charge in [0.1, 0.15) is 0 Å². The van der Waals surface area contributed by atoms with Crippen molar-refractivity contribution in [3.8, 4) is 0 Å². The summed E-state index contributed by atoms with van der Waals surface area (Å²) in [6.45, 7) is 0.334. The number of carbonyl (C=O) groups is 2. The first-order valence-electron chi connectivity index (χ1n) is 6.27. The maximum Gasteiger partial charge on any atom is 0.257 e. The van der Waals surface area contributed by atoms with Gasteiger partial charge >= 0.3 is 0 Å². The van der Waals surface area contributed by atoms with Gasteiger partial charge in [-0.25, -0.2) is 0 Å². The molecular formula is C14H15ClN4O2. The number of hydrogen-bond acceptors (Lipinski definition) is 3. The van der Waals surface area contributed by atoms with Gasteiger partial charge in [-0.05, 0) is 11.6 Å². The number of hydrogen-bond donors (Lipinski definition) is 1. The number of benzene rings is 1. The highest BCUT2D eigenvalue weighted by atomic mass is 35.5. The molecule has 0 saturated carbocycles. The second-order valence-corrected chi connectivity index (χ2v) is 5.05. The van der Waals surface area contributed by atoms with Crippen molar-refractivity contribution in [1.82, 2.24) is 14.7 Å². The fourth-order valence-electron chi connectivity index (χ4n) is 1.89. The molecule has 0 radical (unpaired) electrons. The zero-order valence-corrected chi connectivity index (χ0v) is 12.2. The van der Waals surface area contributed by atoms with Crippen LogP contribution in [-0.4, -0.2) is 40.1 Å². The summed E-state index contributed by atoms with van der Waals surface area (Å²) in [5.74, 6) is -0.867. The van der Waals surface area contributed by atoms with Gasteiger partial charge < -0.3 is 10.6 Å². The highest BCUT2D eigenvalue weighted by molar-refractivity contribution is 6.31. The van der Waals surface area contributed by atoms with Crippen molar-refractivity contribution in [3.05, 3.63) is 52.8 Å². The van der Waals surface area contributed by atoms with Crippen molar-refractivity contribution in [2.45, 2.75) is 6.54 Å². The number of nitrogens with two attached hydrogens (primary N) is 1. The smallest absolute Gasteiger partial charge is 0.257 e. The average Bonchev–Trinajstić information content (AvgIpc) is 2.88. The minimum atomic E-state index is -0.561. The second kappa shape index (κ2) is 6.41. The fourth-order valence-corrected chi connectivity index (χ4v) is 2.08. The topological polar surface area (TPSA) is 81.2 Å². The number of halogens is 1. The molecule has 0 aliphatic carbocycles. The van der Waals surface area contributed by atoms with Gasteiger partial charge in [-0.1, -0.05) is 29.8 Å². The summed E-state index contributed by atoms with van der Waals surface area (Å²) in [5.41, 5.74) is 6.37. The first-order valence-corrected chi connectivity index (χ1v) is 6.65. The Hall–Kier alpha value is -2.34. The SMILES string of the molecule is CN(CC(N)=O)C(=O)c1cnn(Cc2ccccc2Cl)c1. The van der Waals surface area contributed by atoms with Crippen molar-refractivity contribution >= 4 is 23.4 Å². The minimum Gasteiger partial charge on any atom is -0.368 e. The van der Waals surface area contributed by atoms with E-state index in [0.717, 1.165) is 5.56 Å². The number of aromatic nitrogens is 2. The average molecular weight is 307 g/mol. The first-order chi connectivity index (χ1) is 9.97. The molecule has 7 heteroatoms. The standard InChI is InChI=1S/C14H15ClN4O2/c1-18(9-13(16)20)14(21)11-6-17-19(8-11)7-10-4-2-3-5-12(10)15/h2-6,8H,7,9H2,1H3,(H2,16,20). The van der Waals surface area contributed by atoms with E-state index in [1.54, 1.807) is 16.9 Å². The Morgan fingerprint density at radius 1 is 1.38 bits per heavy atom. The lowest BCUT2D eigenvalue weighted by atomic mass is 10.2. The lowest BCUT2D eigenvalue weighted by molar-refractivity contribution is -0.118. The van der Waals surface area contributed by atoms with E-state index in [9.17, 15) is 9.59 Å². The first kappa shape index (κ1) is 15.1. The fraction of sp³-hybridized carbons (Fsp3) is 0.214. The quantitative estimate of drug-likeness (QED) is 0.899. The van der Waals surface area contributed by atoms with Crippen LogP contribution in [0.1, 0.15) is 15.9 Å². The zero-order chi connectivity index (χ0) is 15.4. The normalized spacial score (nSPS) is 10.4. The molecule has 2 N–H and O–H groups in total. The molecule has 6 nitrogen and oxygen atoms in total. The van der Waals surface area contributed by atoms with Crippen LogP contribution in [0.5, 0.6) is 0 Å². The predicted octanol–water partition coefficient (Wildman–Crippen LogP) is 1.14. The van der Waals surface area contributed by atoms with Crippen LogP contribution in [0.25, 0.3) is 0 Å². The molecule has 2 aromatic rings. The van der Waals surface area contributed by atoms with Crippen molar-refractivity contribution in [3.63, 3.8) is 0 Å². The predicted molar refractivity (Wildman–Crippen MR) is 78.9 cm³/mol. The van der Waals surface area contributed by atoms with E-state index in [-0.39, 0.29) is 12.5 Å². The largest absolute Gasteiger partial charge is 0.368 e. The Labute approximate surface area is 127 Å². The highest BCUT2D eigenvalue weighted by Crippen LogP contribution is 2.16. The van der Waals surface area contributed by atoms with Crippen LogP contribution in [0.15, 0.2) is 36.7 Å². The van der Waals surface area contributed by atoms with Gasteiger partial charge in [-0.2, -0.15) is 5.10 Å². The minimum absolute atomic E-state index is 0.130. The van der Waals surface area contributed by atoms with E-state index in [2.05, 4.69) is 5.10 Å². The van der Waals surface area contributed by atoms with Gasteiger partial charge in [-0.3, -0.25) is 14.3 Å². The molecule has 0 spiro atoms. The van der Waals surface area contributed by atoms with Crippen LogP contribution in [0.3, 0.4) is 0 Å². The van der Waals surface area contributed by atoms with Crippen molar-refractivity contribution in [2.75, 3.05) is 13.6 Å². The Morgan fingerprint density at radius 2 is 2.10 bits per heavy atom. The molecule has 2 rings (SSSR count). The zero-order valence-electron chi connectivity index (χ0n) is 11.5. The molecule has 0 atom stereocenters. The molecule has 1 aromatic carbocycles. The van der Waals surface area contributed by atoms with Gasteiger partial charge in [0.25, 0.3) is 5.91 Å². The van der Waals surface area contributed by atoms with Gasteiger partial charge in [0, 0.05) is 18.3 Å². The number of rotatable bonds is 5. The van der Waals surface area contributed by atoms with Crippen molar-refractivity contribution in [1.29, 1.82) is 0 Å². The summed E-state index contributed by atoms with van der Waals surface area (Å²) in [6.07, 6.45) is 3.07. The van der Waals surface area contributed by atoms with Gasteiger partial charge in [0.05, 0.1) is 24.8 Å². The molecule has 110 valence electrons. The summed E-state index contributed by atoms with van der Waals surface area (Å²) in [5, 5.41) is 4.77. The molecule has 0 fully saturated rings. The summed E-state index contributed by atoms with van der Waals surface area (Å²) in [4.78, 5) is 24.1. The summed E-state index contributed by atoms with van der Waals surface area (Å²) < 4.78 is 1.62. The van der Waals surface area contributed by atoms with Crippen LogP contribution in [0.2, 0.25) is 5.02 Å². The molecule has 2 amide bonds. The third-order valence-corrected chi connectivity index (χ3v) is 3.28. The number of primary amides is 1. The highest BCUT2D eigenvalue weighted by Gasteiger charge is 2.15. The molecule has 0 saturated heterocycles. The lowest BCUT2D eigenvalue weighted by Gasteiger charge is -2.13. The Balaban J connectivity index is 2.09. The third kappa shape index (κ3) is 3.82. The lowest BCUT2D eigenvalue weighted by Crippen LogP contribution is -2.35. The van der Waals surface area contributed by atoms with Gasteiger partial charge in [-0.15, -0.1) is 0 Å². The van der Waals surface area contributed by atoms with E-state index in [1.165, 1.54) is 18.1 Å². The van der Waals surface area contributed by atoms with Crippen LogP contribution in [0, 0.1) is 0 Å². The molecule has 1 heterocycles. The van der Waals surface area contributed by atoms with Crippen LogP contribution < -0.4 is 5.73 Å². The summed E-state index contributed by atoms with van der Waals surface area (Å²) >= 11 is 6.08. The Bertz CT molecular complexity index is 668. The van der Waals surface area contributed by atoms with Crippen molar-refractivity contribution < 1.29 is 9.59 Å². The van der Waals surface area contributed by atoms with Gasteiger partial charge in [0.15, 0.2) is 0 Å².